The molecule has 0 spiro atoms. The first-order valence-corrected chi connectivity index (χ1v) is 9.54. The molecule has 2 fully saturated rings. The van der Waals surface area contributed by atoms with Crippen LogP contribution in [0, 0.1) is 5.92 Å². The van der Waals surface area contributed by atoms with Crippen LogP contribution in [0.15, 0.2) is 36.9 Å². The fourth-order valence-corrected chi connectivity index (χ4v) is 3.27. The van der Waals surface area contributed by atoms with E-state index in [1.807, 2.05) is 0 Å². The molecule has 1 aromatic rings. The lowest BCUT2D eigenvalue weighted by molar-refractivity contribution is -0.137. The zero-order valence-electron chi connectivity index (χ0n) is 16.0. The van der Waals surface area contributed by atoms with Gasteiger partial charge < -0.3 is 23.7 Å². The SMILES string of the molecule is C=CC(=O)OCCCCOc1ccc(C(=O)O[C@H]2COC3C2OC[C@H]3C)cc1. The molecule has 0 radical (unpaired) electrons. The molecule has 28 heavy (non-hydrogen) atoms. The Morgan fingerprint density at radius 3 is 2.57 bits per heavy atom. The highest BCUT2D eigenvalue weighted by Gasteiger charge is 2.47. The van der Waals surface area contributed by atoms with Crippen molar-refractivity contribution in [3.8, 4) is 5.75 Å². The van der Waals surface area contributed by atoms with Gasteiger partial charge in [0.15, 0.2) is 6.10 Å². The third kappa shape index (κ3) is 5.11. The molecule has 2 heterocycles. The zero-order chi connectivity index (χ0) is 19.9. The number of unbranched alkanes of at least 4 members (excludes halogenated alkanes) is 1. The van der Waals surface area contributed by atoms with Crippen molar-refractivity contribution in [1.82, 2.24) is 0 Å². The molecule has 2 aliphatic heterocycles. The Kier molecular flexibility index (Phi) is 7.06. The summed E-state index contributed by atoms with van der Waals surface area (Å²) in [6.45, 7) is 7.24. The van der Waals surface area contributed by atoms with Gasteiger partial charge in [-0.3, -0.25) is 0 Å². The van der Waals surface area contributed by atoms with Crippen molar-refractivity contribution in [1.29, 1.82) is 0 Å². The lowest BCUT2D eigenvalue weighted by atomic mass is 10.0. The van der Waals surface area contributed by atoms with Crippen LogP contribution in [0.1, 0.15) is 30.1 Å². The summed E-state index contributed by atoms with van der Waals surface area (Å²) in [7, 11) is 0. The van der Waals surface area contributed by atoms with Gasteiger partial charge in [-0.1, -0.05) is 13.5 Å². The second-order valence-electron chi connectivity index (χ2n) is 6.97. The van der Waals surface area contributed by atoms with Crippen LogP contribution in [-0.4, -0.2) is 56.7 Å². The first-order valence-electron chi connectivity index (χ1n) is 9.54. The van der Waals surface area contributed by atoms with Gasteiger partial charge >= 0.3 is 11.9 Å². The highest BCUT2D eigenvalue weighted by Crippen LogP contribution is 2.32. The highest BCUT2D eigenvalue weighted by molar-refractivity contribution is 5.89. The summed E-state index contributed by atoms with van der Waals surface area (Å²) in [5, 5.41) is 0. The second-order valence-corrected chi connectivity index (χ2v) is 6.97. The van der Waals surface area contributed by atoms with Crippen molar-refractivity contribution >= 4 is 11.9 Å². The van der Waals surface area contributed by atoms with E-state index in [1.54, 1.807) is 24.3 Å². The first kappa shape index (κ1) is 20.4. The van der Waals surface area contributed by atoms with Gasteiger partial charge in [-0.25, -0.2) is 9.59 Å². The standard InChI is InChI=1S/C21H26O7/c1-3-18(22)25-11-5-4-10-24-16-8-6-15(7-9-16)21(23)28-17-13-27-19-14(2)12-26-20(17)19/h3,6-9,14,17,19-20H,1,4-5,10-13H2,2H3/t14-,17+,19?,20?/m1/s1. The number of carbonyl (C=O) groups excluding carboxylic acids is 2. The van der Waals surface area contributed by atoms with Crippen LogP contribution in [0.3, 0.4) is 0 Å². The Morgan fingerprint density at radius 1 is 1.11 bits per heavy atom. The van der Waals surface area contributed by atoms with E-state index in [2.05, 4.69) is 13.5 Å². The van der Waals surface area contributed by atoms with Crippen LogP contribution in [0.5, 0.6) is 5.75 Å². The fraction of sp³-hybridized carbons (Fsp3) is 0.524. The van der Waals surface area contributed by atoms with E-state index < -0.39 is 11.9 Å². The molecular formula is C21H26O7. The molecular weight excluding hydrogens is 364 g/mol. The third-order valence-electron chi connectivity index (χ3n) is 4.82. The number of carbonyl (C=O) groups is 2. The molecule has 2 unspecified atom stereocenters. The number of benzene rings is 1. The van der Waals surface area contributed by atoms with Gasteiger partial charge in [-0.15, -0.1) is 0 Å². The van der Waals surface area contributed by atoms with E-state index >= 15 is 0 Å². The van der Waals surface area contributed by atoms with Crippen LogP contribution in [0.25, 0.3) is 0 Å². The van der Waals surface area contributed by atoms with Gasteiger partial charge in [0, 0.05) is 12.0 Å². The lowest BCUT2D eigenvalue weighted by Crippen LogP contribution is -2.32. The smallest absolute Gasteiger partial charge is 0.338 e. The molecule has 2 aliphatic rings. The van der Waals surface area contributed by atoms with E-state index in [0.29, 0.717) is 50.1 Å². The average Bonchev–Trinajstić information content (AvgIpc) is 3.28. The van der Waals surface area contributed by atoms with Gasteiger partial charge in [-0.2, -0.15) is 0 Å². The molecule has 0 bridgehead atoms. The van der Waals surface area contributed by atoms with E-state index in [9.17, 15) is 9.59 Å². The van der Waals surface area contributed by atoms with Crippen molar-refractivity contribution in [3.63, 3.8) is 0 Å². The van der Waals surface area contributed by atoms with Gasteiger partial charge in [0.1, 0.15) is 11.9 Å². The molecule has 0 aliphatic carbocycles. The van der Waals surface area contributed by atoms with Crippen molar-refractivity contribution in [2.24, 2.45) is 5.92 Å². The van der Waals surface area contributed by atoms with Crippen molar-refractivity contribution in [2.45, 2.75) is 38.1 Å². The third-order valence-corrected chi connectivity index (χ3v) is 4.82. The summed E-state index contributed by atoms with van der Waals surface area (Å²) >= 11 is 0. The maximum Gasteiger partial charge on any atom is 0.338 e. The van der Waals surface area contributed by atoms with E-state index in [0.717, 1.165) is 12.5 Å². The van der Waals surface area contributed by atoms with E-state index in [1.165, 1.54) is 0 Å². The normalized spacial score (nSPS) is 25.8. The molecule has 7 heteroatoms. The number of rotatable bonds is 9. The quantitative estimate of drug-likeness (QED) is 0.364. The number of fused-ring (bicyclic) bond motifs is 1. The topological polar surface area (TPSA) is 80.3 Å². The molecule has 7 nitrogen and oxygen atoms in total. The monoisotopic (exact) mass is 390 g/mol. The van der Waals surface area contributed by atoms with Gasteiger partial charge in [0.2, 0.25) is 0 Å². The second kappa shape index (κ2) is 9.71. The Morgan fingerprint density at radius 2 is 1.82 bits per heavy atom. The summed E-state index contributed by atoms with van der Waals surface area (Å²) < 4.78 is 27.5. The van der Waals surface area contributed by atoms with Crippen LogP contribution in [0.4, 0.5) is 0 Å². The Labute approximate surface area is 164 Å². The largest absolute Gasteiger partial charge is 0.494 e. The van der Waals surface area contributed by atoms with E-state index in [4.69, 9.17) is 23.7 Å². The highest BCUT2D eigenvalue weighted by atomic mass is 16.6. The molecule has 0 aromatic heterocycles. The predicted octanol–water partition coefficient (Wildman–Crippen LogP) is 2.53. The van der Waals surface area contributed by atoms with Crippen LogP contribution in [-0.2, 0) is 23.7 Å². The molecule has 3 rings (SSSR count). The molecule has 1 aromatic carbocycles. The maximum absolute atomic E-state index is 12.4. The molecule has 0 saturated carbocycles. The summed E-state index contributed by atoms with van der Waals surface area (Å²) in [5.74, 6) is 0.168. The molecule has 0 amide bonds. The van der Waals surface area contributed by atoms with Gasteiger partial charge in [0.05, 0.1) is 38.1 Å². The summed E-state index contributed by atoms with van der Waals surface area (Å²) in [5.41, 5.74) is 0.457. The molecule has 0 N–H and O–H groups in total. The zero-order valence-corrected chi connectivity index (χ0v) is 16.0. The fourth-order valence-electron chi connectivity index (χ4n) is 3.27. The van der Waals surface area contributed by atoms with Gasteiger partial charge in [-0.05, 0) is 37.1 Å². The summed E-state index contributed by atoms with van der Waals surface area (Å²) in [6.07, 6.45) is 2.06. The number of hydrogen-bond donors (Lipinski definition) is 0. The van der Waals surface area contributed by atoms with Gasteiger partial charge in [0.25, 0.3) is 0 Å². The predicted molar refractivity (Wildman–Crippen MR) is 100 cm³/mol. The van der Waals surface area contributed by atoms with Crippen LogP contribution < -0.4 is 4.74 Å². The Hall–Kier alpha value is -2.38. The minimum atomic E-state index is -0.419. The maximum atomic E-state index is 12.4. The molecule has 4 atom stereocenters. The molecule has 152 valence electrons. The summed E-state index contributed by atoms with van der Waals surface area (Å²) in [4.78, 5) is 23.3. The number of esters is 2. The minimum absolute atomic E-state index is 0.00821. The average molecular weight is 390 g/mol. The van der Waals surface area contributed by atoms with Crippen LogP contribution >= 0.6 is 0 Å². The van der Waals surface area contributed by atoms with Crippen LogP contribution in [0.2, 0.25) is 0 Å². The first-order chi connectivity index (χ1) is 13.6. The Balaban J connectivity index is 1.38. The lowest BCUT2D eigenvalue weighted by Gasteiger charge is -2.17. The van der Waals surface area contributed by atoms with Crippen molar-refractivity contribution in [2.75, 3.05) is 26.4 Å². The minimum Gasteiger partial charge on any atom is -0.494 e. The number of ether oxygens (including phenoxy) is 5. The Bertz CT molecular complexity index is 684. The van der Waals surface area contributed by atoms with Crippen molar-refractivity contribution in [3.05, 3.63) is 42.5 Å². The summed E-state index contributed by atoms with van der Waals surface area (Å²) in [6, 6.07) is 6.82. The molecule has 2 saturated heterocycles. The number of hydrogen-bond acceptors (Lipinski definition) is 7. The van der Waals surface area contributed by atoms with E-state index in [-0.39, 0.29) is 18.3 Å². The van der Waals surface area contributed by atoms with Crippen molar-refractivity contribution < 1.29 is 33.3 Å².